The van der Waals surface area contributed by atoms with E-state index in [0.717, 1.165) is 18.0 Å². The zero-order valence-electron chi connectivity index (χ0n) is 10.9. The Morgan fingerprint density at radius 1 is 1.29 bits per heavy atom. The van der Waals surface area contributed by atoms with Gasteiger partial charge in [-0.3, -0.25) is 14.3 Å². The van der Waals surface area contributed by atoms with Crippen LogP contribution in [0.1, 0.15) is 26.4 Å². The molecule has 0 saturated heterocycles. The average molecular weight is 288 g/mol. The molecule has 0 spiro atoms. The van der Waals surface area contributed by atoms with Gasteiger partial charge in [-0.25, -0.2) is 4.79 Å². The summed E-state index contributed by atoms with van der Waals surface area (Å²) in [6.45, 7) is 0.286. The van der Waals surface area contributed by atoms with Crippen molar-refractivity contribution in [3.63, 3.8) is 0 Å². The summed E-state index contributed by atoms with van der Waals surface area (Å²) in [6, 6.07) is 6.87. The maximum Gasteiger partial charge on any atom is 0.360 e. The van der Waals surface area contributed by atoms with Gasteiger partial charge < -0.3 is 10.2 Å². The summed E-state index contributed by atoms with van der Waals surface area (Å²) >= 11 is 0. The quantitative estimate of drug-likeness (QED) is 0.784. The number of benzene rings is 1. The lowest BCUT2D eigenvalue weighted by Gasteiger charge is -2.07. The molecule has 2 aromatic rings. The molecule has 1 heterocycles. The maximum absolute atomic E-state index is 11.4. The van der Waals surface area contributed by atoms with Crippen LogP contribution >= 0.6 is 0 Å². The molecule has 7 heteroatoms. The van der Waals surface area contributed by atoms with Crippen molar-refractivity contribution in [3.8, 4) is 5.75 Å². The standard InChI is InChI=1S/C14H12N2O5/c17-8-10-3-1-9(2-4-10)5-6-16-7-11(18)13(19)12(15-16)14(20)21/h1-4,7-8,18H,5-6H2,(H,20,21). The molecule has 0 aliphatic heterocycles. The van der Waals surface area contributed by atoms with Crippen LogP contribution < -0.4 is 5.43 Å². The van der Waals surface area contributed by atoms with Gasteiger partial charge in [0.25, 0.3) is 5.43 Å². The summed E-state index contributed by atoms with van der Waals surface area (Å²) in [6.07, 6.45) is 2.34. The van der Waals surface area contributed by atoms with Crippen molar-refractivity contribution in [1.29, 1.82) is 0 Å². The molecule has 0 bridgehead atoms. The number of carbonyl (C=O) groups is 2. The molecule has 1 aromatic carbocycles. The van der Waals surface area contributed by atoms with Crippen molar-refractivity contribution in [3.05, 3.63) is 57.5 Å². The summed E-state index contributed by atoms with van der Waals surface area (Å²) < 4.78 is 1.20. The second-order valence-corrected chi connectivity index (χ2v) is 4.37. The number of carbonyl (C=O) groups excluding carboxylic acids is 1. The number of aromatic hydroxyl groups is 1. The van der Waals surface area contributed by atoms with Gasteiger partial charge in [0.1, 0.15) is 6.29 Å². The van der Waals surface area contributed by atoms with E-state index in [4.69, 9.17) is 5.11 Å². The van der Waals surface area contributed by atoms with Gasteiger partial charge in [0.2, 0.25) is 5.69 Å². The third-order valence-electron chi connectivity index (χ3n) is 2.90. The Balaban J connectivity index is 2.17. The molecule has 108 valence electrons. The first-order valence-corrected chi connectivity index (χ1v) is 6.09. The lowest BCUT2D eigenvalue weighted by Crippen LogP contribution is -2.22. The van der Waals surface area contributed by atoms with Crippen LogP contribution in [0.25, 0.3) is 0 Å². The van der Waals surface area contributed by atoms with Crippen LogP contribution in [0.5, 0.6) is 5.75 Å². The summed E-state index contributed by atoms with van der Waals surface area (Å²) in [5.41, 5.74) is -0.246. The first kappa shape index (κ1) is 14.4. The van der Waals surface area contributed by atoms with E-state index >= 15 is 0 Å². The van der Waals surface area contributed by atoms with E-state index < -0.39 is 22.8 Å². The smallest absolute Gasteiger partial charge is 0.360 e. The Kier molecular flexibility index (Phi) is 4.13. The second kappa shape index (κ2) is 6.00. The van der Waals surface area contributed by atoms with Crippen LogP contribution in [0, 0.1) is 0 Å². The van der Waals surface area contributed by atoms with Crippen molar-refractivity contribution in [2.75, 3.05) is 0 Å². The summed E-state index contributed by atoms with van der Waals surface area (Å²) in [4.78, 5) is 32.8. The van der Waals surface area contributed by atoms with E-state index in [1.54, 1.807) is 24.3 Å². The van der Waals surface area contributed by atoms with Gasteiger partial charge >= 0.3 is 5.97 Å². The zero-order chi connectivity index (χ0) is 15.4. The normalized spacial score (nSPS) is 10.3. The molecule has 0 aliphatic rings. The lowest BCUT2D eigenvalue weighted by atomic mass is 10.1. The van der Waals surface area contributed by atoms with Gasteiger partial charge in [0.05, 0.1) is 6.20 Å². The number of hydrogen-bond acceptors (Lipinski definition) is 5. The molecular formula is C14H12N2O5. The largest absolute Gasteiger partial charge is 0.503 e. The van der Waals surface area contributed by atoms with Crippen LogP contribution in [-0.4, -0.2) is 32.2 Å². The zero-order valence-corrected chi connectivity index (χ0v) is 10.9. The molecule has 0 radical (unpaired) electrons. The SMILES string of the molecule is O=Cc1ccc(CCn2cc(O)c(=O)c(C(=O)O)n2)cc1. The Labute approximate surface area is 119 Å². The van der Waals surface area contributed by atoms with E-state index in [2.05, 4.69) is 5.10 Å². The number of hydrogen-bond donors (Lipinski definition) is 2. The number of aldehydes is 1. The van der Waals surface area contributed by atoms with Gasteiger partial charge in [0.15, 0.2) is 5.75 Å². The van der Waals surface area contributed by atoms with Crippen molar-refractivity contribution in [2.24, 2.45) is 0 Å². The highest BCUT2D eigenvalue weighted by Crippen LogP contribution is 2.06. The second-order valence-electron chi connectivity index (χ2n) is 4.37. The topological polar surface area (TPSA) is 109 Å². The maximum atomic E-state index is 11.4. The highest BCUT2D eigenvalue weighted by Gasteiger charge is 2.15. The summed E-state index contributed by atoms with van der Waals surface area (Å²) in [5.74, 6) is -2.14. The van der Waals surface area contributed by atoms with Crippen LogP contribution in [0.15, 0.2) is 35.3 Å². The molecule has 0 atom stereocenters. The van der Waals surface area contributed by atoms with Gasteiger partial charge in [-0.05, 0) is 12.0 Å². The van der Waals surface area contributed by atoms with Crippen LogP contribution in [0.2, 0.25) is 0 Å². The summed E-state index contributed by atoms with van der Waals surface area (Å²) in [5, 5.41) is 21.9. The van der Waals surface area contributed by atoms with E-state index in [1.165, 1.54) is 4.68 Å². The number of aromatic nitrogens is 2. The molecule has 0 fully saturated rings. The number of rotatable bonds is 5. The van der Waals surface area contributed by atoms with Crippen molar-refractivity contribution in [2.45, 2.75) is 13.0 Å². The number of carboxylic acid groups (broad SMARTS) is 1. The molecule has 0 saturated carbocycles. The molecule has 7 nitrogen and oxygen atoms in total. The highest BCUT2D eigenvalue weighted by molar-refractivity contribution is 5.85. The van der Waals surface area contributed by atoms with Gasteiger partial charge in [0, 0.05) is 12.1 Å². The molecule has 2 N–H and O–H groups in total. The lowest BCUT2D eigenvalue weighted by molar-refractivity contribution is 0.0685. The van der Waals surface area contributed by atoms with Crippen molar-refractivity contribution in [1.82, 2.24) is 9.78 Å². The summed E-state index contributed by atoms with van der Waals surface area (Å²) in [7, 11) is 0. The van der Waals surface area contributed by atoms with Crippen LogP contribution in [-0.2, 0) is 13.0 Å². The van der Waals surface area contributed by atoms with E-state index in [0.29, 0.717) is 12.0 Å². The fourth-order valence-corrected chi connectivity index (χ4v) is 1.78. The van der Waals surface area contributed by atoms with Gasteiger partial charge in [-0.2, -0.15) is 5.10 Å². The number of aryl methyl sites for hydroxylation is 2. The molecule has 2 rings (SSSR count). The predicted molar refractivity (Wildman–Crippen MR) is 72.7 cm³/mol. The Hall–Kier alpha value is -2.96. The highest BCUT2D eigenvalue weighted by atomic mass is 16.4. The van der Waals surface area contributed by atoms with Gasteiger partial charge in [-0.15, -0.1) is 0 Å². The number of aromatic carboxylic acids is 1. The Morgan fingerprint density at radius 2 is 1.95 bits per heavy atom. The minimum atomic E-state index is -1.49. The molecule has 0 aliphatic carbocycles. The third-order valence-corrected chi connectivity index (χ3v) is 2.90. The minimum absolute atomic E-state index is 0.286. The molecule has 21 heavy (non-hydrogen) atoms. The van der Waals surface area contributed by atoms with E-state index in [-0.39, 0.29) is 6.54 Å². The van der Waals surface area contributed by atoms with E-state index in [1.807, 2.05) is 0 Å². The Bertz CT molecular complexity index is 734. The van der Waals surface area contributed by atoms with E-state index in [9.17, 15) is 19.5 Å². The minimum Gasteiger partial charge on any atom is -0.503 e. The number of carboxylic acids is 1. The average Bonchev–Trinajstić information content (AvgIpc) is 2.48. The van der Waals surface area contributed by atoms with Crippen molar-refractivity contribution < 1.29 is 19.8 Å². The monoisotopic (exact) mass is 288 g/mol. The fourth-order valence-electron chi connectivity index (χ4n) is 1.78. The van der Waals surface area contributed by atoms with Crippen molar-refractivity contribution >= 4 is 12.3 Å². The molecule has 1 aromatic heterocycles. The number of nitrogens with zero attached hydrogens (tertiary/aromatic N) is 2. The molecule has 0 unspecified atom stereocenters. The first-order chi connectivity index (χ1) is 10.0. The Morgan fingerprint density at radius 3 is 2.52 bits per heavy atom. The van der Waals surface area contributed by atoms with Gasteiger partial charge in [-0.1, -0.05) is 24.3 Å². The molecule has 0 amide bonds. The molecular weight excluding hydrogens is 276 g/mol. The van der Waals surface area contributed by atoms with Crippen LogP contribution in [0.3, 0.4) is 0 Å². The predicted octanol–water partition coefficient (Wildman–Crippen LogP) is 0.702. The fraction of sp³-hybridized carbons (Fsp3) is 0.143. The first-order valence-electron chi connectivity index (χ1n) is 6.09. The van der Waals surface area contributed by atoms with Crippen LogP contribution in [0.4, 0.5) is 0 Å². The third kappa shape index (κ3) is 3.33.